The van der Waals surface area contributed by atoms with Gasteiger partial charge in [-0.15, -0.1) is 0 Å². The van der Waals surface area contributed by atoms with E-state index in [1.165, 1.54) is 5.56 Å². The van der Waals surface area contributed by atoms with E-state index in [1.54, 1.807) is 0 Å². The highest BCUT2D eigenvalue weighted by Gasteiger charge is 2.34. The summed E-state index contributed by atoms with van der Waals surface area (Å²) in [6.45, 7) is 2.57. The fourth-order valence-electron chi connectivity index (χ4n) is 2.18. The first kappa shape index (κ1) is 11.6. The van der Waals surface area contributed by atoms with Crippen LogP contribution in [0.2, 0.25) is 0 Å². The highest BCUT2D eigenvalue weighted by molar-refractivity contribution is 5.17. The van der Waals surface area contributed by atoms with Crippen LogP contribution in [-0.4, -0.2) is 18.0 Å². The van der Waals surface area contributed by atoms with Gasteiger partial charge in [0.05, 0.1) is 12.1 Å². The quantitative estimate of drug-likeness (QED) is 0.776. The average molecular weight is 225 g/mol. The van der Waals surface area contributed by atoms with Crippen LogP contribution in [0.5, 0.6) is 0 Å². The van der Waals surface area contributed by atoms with Crippen molar-refractivity contribution in [2.45, 2.75) is 19.4 Å². The largest absolute Gasteiger partial charge is 0.299 e. The zero-order valence-corrected chi connectivity index (χ0v) is 9.76. The molecule has 0 N–H and O–H groups in total. The van der Waals surface area contributed by atoms with Crippen LogP contribution in [0.1, 0.15) is 18.4 Å². The monoisotopic (exact) mass is 225 g/mol. The van der Waals surface area contributed by atoms with E-state index >= 15 is 0 Å². The van der Waals surface area contributed by atoms with Crippen LogP contribution in [0, 0.1) is 28.1 Å². The van der Waals surface area contributed by atoms with Gasteiger partial charge in [0.2, 0.25) is 0 Å². The minimum Gasteiger partial charge on any atom is -0.299 e. The molecule has 3 heteroatoms. The number of hydrogen-bond donors (Lipinski definition) is 0. The molecule has 86 valence electrons. The summed E-state index contributed by atoms with van der Waals surface area (Å²) in [6.07, 6.45) is 1.32. The van der Waals surface area contributed by atoms with Crippen molar-refractivity contribution in [2.75, 3.05) is 13.1 Å². The molecule has 0 saturated carbocycles. The maximum absolute atomic E-state index is 9.03. The maximum atomic E-state index is 9.03. The summed E-state index contributed by atoms with van der Waals surface area (Å²) in [5.41, 5.74) is 0.543. The maximum Gasteiger partial charge on any atom is 0.146 e. The summed E-state index contributed by atoms with van der Waals surface area (Å²) in [7, 11) is 0. The van der Waals surface area contributed by atoms with E-state index in [0.717, 1.165) is 19.6 Å². The molecule has 1 saturated heterocycles. The molecule has 0 atom stereocenters. The molecule has 17 heavy (non-hydrogen) atoms. The third-order valence-electron chi connectivity index (χ3n) is 3.39. The lowest BCUT2D eigenvalue weighted by Gasteiger charge is -2.33. The number of piperidine rings is 1. The Morgan fingerprint density at radius 2 is 1.65 bits per heavy atom. The van der Waals surface area contributed by atoms with Crippen molar-refractivity contribution in [1.82, 2.24) is 4.90 Å². The van der Waals surface area contributed by atoms with Crippen LogP contribution in [-0.2, 0) is 6.54 Å². The van der Waals surface area contributed by atoms with Gasteiger partial charge in [-0.05, 0) is 18.4 Å². The van der Waals surface area contributed by atoms with Crippen molar-refractivity contribution in [3.8, 4) is 12.1 Å². The molecular weight excluding hydrogens is 210 g/mol. The number of rotatable bonds is 2. The summed E-state index contributed by atoms with van der Waals surface area (Å²) < 4.78 is 0. The van der Waals surface area contributed by atoms with E-state index in [0.29, 0.717) is 12.8 Å². The lowest BCUT2D eigenvalue weighted by molar-refractivity contribution is 0.170. The molecule has 0 aromatic heterocycles. The summed E-state index contributed by atoms with van der Waals surface area (Å²) >= 11 is 0. The van der Waals surface area contributed by atoms with Gasteiger partial charge >= 0.3 is 0 Å². The molecule has 1 aromatic carbocycles. The number of nitrogens with zero attached hydrogens (tertiary/aromatic N) is 3. The molecule has 1 heterocycles. The van der Waals surface area contributed by atoms with Gasteiger partial charge in [0.25, 0.3) is 0 Å². The molecule has 0 radical (unpaired) electrons. The number of likely N-dealkylation sites (tertiary alicyclic amines) is 1. The molecule has 1 aliphatic heterocycles. The van der Waals surface area contributed by atoms with Gasteiger partial charge in [0.15, 0.2) is 0 Å². The zero-order valence-electron chi connectivity index (χ0n) is 9.76. The van der Waals surface area contributed by atoms with Crippen LogP contribution in [0.3, 0.4) is 0 Å². The highest BCUT2D eigenvalue weighted by atomic mass is 15.1. The molecule has 1 fully saturated rings. The highest BCUT2D eigenvalue weighted by Crippen LogP contribution is 2.30. The van der Waals surface area contributed by atoms with Gasteiger partial charge in [0, 0.05) is 19.6 Å². The van der Waals surface area contributed by atoms with Crippen LogP contribution >= 0.6 is 0 Å². The number of benzene rings is 1. The van der Waals surface area contributed by atoms with E-state index in [1.807, 2.05) is 18.2 Å². The van der Waals surface area contributed by atoms with Crippen LogP contribution in [0.15, 0.2) is 30.3 Å². The normalized spacial score (nSPS) is 19.2. The first-order valence-corrected chi connectivity index (χ1v) is 5.87. The average Bonchev–Trinajstić information content (AvgIpc) is 2.41. The zero-order chi connectivity index (χ0) is 12.1. The fraction of sp³-hybridized carbons (Fsp3) is 0.429. The molecule has 1 aromatic rings. The van der Waals surface area contributed by atoms with Crippen molar-refractivity contribution < 1.29 is 0 Å². The predicted octanol–water partition coefficient (Wildman–Crippen LogP) is 2.32. The minimum absolute atomic E-state index is 0.660. The van der Waals surface area contributed by atoms with Crippen molar-refractivity contribution in [1.29, 1.82) is 10.5 Å². The van der Waals surface area contributed by atoms with Crippen LogP contribution < -0.4 is 0 Å². The van der Waals surface area contributed by atoms with Gasteiger partial charge in [-0.3, -0.25) is 4.90 Å². The molecule has 3 nitrogen and oxygen atoms in total. The lowest BCUT2D eigenvalue weighted by Crippen LogP contribution is -2.38. The molecule has 2 rings (SSSR count). The van der Waals surface area contributed by atoms with Gasteiger partial charge in [0.1, 0.15) is 5.41 Å². The third-order valence-corrected chi connectivity index (χ3v) is 3.39. The molecule has 0 spiro atoms. The predicted molar refractivity (Wildman–Crippen MR) is 64.6 cm³/mol. The Labute approximate surface area is 102 Å². The Bertz CT molecular complexity index is 429. The topological polar surface area (TPSA) is 50.8 Å². The van der Waals surface area contributed by atoms with Gasteiger partial charge in [-0.1, -0.05) is 30.3 Å². The van der Waals surface area contributed by atoms with E-state index < -0.39 is 5.41 Å². The standard InChI is InChI=1S/C14H15N3/c15-11-14(12-16)6-8-17(9-7-14)10-13-4-2-1-3-5-13/h1-5H,6-10H2. The molecule has 0 amide bonds. The Hall–Kier alpha value is -1.84. The Kier molecular flexibility index (Phi) is 3.42. The van der Waals surface area contributed by atoms with Crippen LogP contribution in [0.4, 0.5) is 0 Å². The first-order chi connectivity index (χ1) is 8.28. The second-order valence-corrected chi connectivity index (χ2v) is 4.57. The molecule has 0 aliphatic carbocycles. The summed E-state index contributed by atoms with van der Waals surface area (Å²) in [4.78, 5) is 2.31. The van der Waals surface area contributed by atoms with Gasteiger partial charge in [-0.2, -0.15) is 10.5 Å². The van der Waals surface area contributed by atoms with Crippen LogP contribution in [0.25, 0.3) is 0 Å². The molecule has 0 bridgehead atoms. The minimum atomic E-state index is -0.743. The van der Waals surface area contributed by atoms with E-state index in [2.05, 4.69) is 29.2 Å². The molecule has 1 aliphatic rings. The van der Waals surface area contributed by atoms with E-state index in [9.17, 15) is 0 Å². The summed E-state index contributed by atoms with van der Waals surface area (Å²) in [6, 6.07) is 14.6. The fourth-order valence-corrected chi connectivity index (χ4v) is 2.18. The van der Waals surface area contributed by atoms with E-state index in [-0.39, 0.29) is 0 Å². The number of hydrogen-bond acceptors (Lipinski definition) is 3. The van der Waals surface area contributed by atoms with Gasteiger partial charge < -0.3 is 0 Å². The van der Waals surface area contributed by atoms with Gasteiger partial charge in [-0.25, -0.2) is 0 Å². The summed E-state index contributed by atoms with van der Waals surface area (Å²) in [5, 5.41) is 18.1. The van der Waals surface area contributed by atoms with Crippen molar-refractivity contribution >= 4 is 0 Å². The summed E-state index contributed by atoms with van der Waals surface area (Å²) in [5.74, 6) is 0. The molecular formula is C14H15N3. The molecule has 0 unspecified atom stereocenters. The Morgan fingerprint density at radius 3 is 2.18 bits per heavy atom. The second kappa shape index (κ2) is 4.99. The smallest absolute Gasteiger partial charge is 0.146 e. The van der Waals surface area contributed by atoms with Crippen molar-refractivity contribution in [2.24, 2.45) is 5.41 Å². The lowest BCUT2D eigenvalue weighted by atomic mass is 9.81. The Morgan fingerprint density at radius 1 is 1.06 bits per heavy atom. The first-order valence-electron chi connectivity index (χ1n) is 5.87. The second-order valence-electron chi connectivity index (χ2n) is 4.57. The number of nitriles is 2. The van der Waals surface area contributed by atoms with Crippen molar-refractivity contribution in [3.63, 3.8) is 0 Å². The van der Waals surface area contributed by atoms with E-state index in [4.69, 9.17) is 10.5 Å². The van der Waals surface area contributed by atoms with Crippen molar-refractivity contribution in [3.05, 3.63) is 35.9 Å². The third kappa shape index (κ3) is 2.64. The SMILES string of the molecule is N#CC1(C#N)CCN(Cc2ccccc2)CC1. The Balaban J connectivity index is 1.93.